The van der Waals surface area contributed by atoms with Crippen molar-refractivity contribution in [2.24, 2.45) is 5.10 Å². The number of anilines is 1. The van der Waals surface area contributed by atoms with E-state index in [0.717, 1.165) is 0 Å². The molecule has 0 unspecified atom stereocenters. The van der Waals surface area contributed by atoms with Gasteiger partial charge in [0.25, 0.3) is 0 Å². The van der Waals surface area contributed by atoms with Gasteiger partial charge in [0, 0.05) is 12.8 Å². The molecule has 3 N–H and O–H groups in total. The number of halogens is 1. The highest BCUT2D eigenvalue weighted by molar-refractivity contribution is 6.33. The number of nitrogens with zero attached hydrogens (tertiary/aromatic N) is 1. The molecule has 8 heteroatoms. The molecule has 2 aromatic carbocycles. The number of methoxy groups -OCH3 is 1. The maximum Gasteiger partial charge on any atom is 0.240 e. The fraction of sp³-hybridized carbons (Fsp3) is 0.167. The lowest BCUT2D eigenvalue weighted by atomic mass is 10.2. The quantitative estimate of drug-likeness (QED) is 0.511. The van der Waals surface area contributed by atoms with Crippen LogP contribution >= 0.6 is 11.6 Å². The van der Waals surface area contributed by atoms with Gasteiger partial charge < -0.3 is 15.2 Å². The molecular formula is C18H18ClN3O4. The average molecular weight is 376 g/mol. The summed E-state index contributed by atoms with van der Waals surface area (Å²) in [7, 11) is 1.44. The van der Waals surface area contributed by atoms with E-state index >= 15 is 0 Å². The molecule has 26 heavy (non-hydrogen) atoms. The van der Waals surface area contributed by atoms with Crippen LogP contribution in [-0.2, 0) is 9.59 Å². The van der Waals surface area contributed by atoms with E-state index in [0.29, 0.717) is 22.0 Å². The number of hydrogen-bond acceptors (Lipinski definition) is 5. The van der Waals surface area contributed by atoms with E-state index in [-0.39, 0.29) is 24.5 Å². The Morgan fingerprint density at radius 1 is 1.19 bits per heavy atom. The van der Waals surface area contributed by atoms with E-state index in [1.807, 2.05) is 0 Å². The normalized spacial score (nSPS) is 10.5. The molecule has 2 amide bonds. The van der Waals surface area contributed by atoms with Gasteiger partial charge in [-0.3, -0.25) is 9.59 Å². The third-order valence-corrected chi connectivity index (χ3v) is 3.66. The van der Waals surface area contributed by atoms with Gasteiger partial charge in [-0.25, -0.2) is 5.43 Å². The fourth-order valence-electron chi connectivity index (χ4n) is 2.01. The van der Waals surface area contributed by atoms with Gasteiger partial charge in [0.05, 0.1) is 24.0 Å². The molecule has 0 bridgehead atoms. The predicted molar refractivity (Wildman–Crippen MR) is 99.7 cm³/mol. The van der Waals surface area contributed by atoms with Crippen LogP contribution in [0.2, 0.25) is 5.02 Å². The smallest absolute Gasteiger partial charge is 0.240 e. The number of phenols is 1. The first-order valence-electron chi connectivity index (χ1n) is 7.73. The Kier molecular flexibility index (Phi) is 6.99. The maximum atomic E-state index is 11.8. The van der Waals surface area contributed by atoms with Gasteiger partial charge in [0.15, 0.2) is 11.5 Å². The standard InChI is InChI=1S/C18H18ClN3O4/c1-26-16-10-12(6-7-15(16)23)11-20-22-18(25)9-8-17(24)21-14-5-3-2-4-13(14)19/h2-7,10-11,23H,8-9H2,1H3,(H,21,24)(H,22,25)/b20-11+. The van der Waals surface area contributed by atoms with Crippen LogP contribution in [0.5, 0.6) is 11.5 Å². The van der Waals surface area contributed by atoms with Crippen molar-refractivity contribution in [3.8, 4) is 11.5 Å². The van der Waals surface area contributed by atoms with Crippen LogP contribution in [-0.4, -0.2) is 30.2 Å². The minimum Gasteiger partial charge on any atom is -0.504 e. The Bertz CT molecular complexity index is 824. The molecule has 0 radical (unpaired) electrons. The third-order valence-electron chi connectivity index (χ3n) is 3.33. The highest BCUT2D eigenvalue weighted by atomic mass is 35.5. The molecule has 0 spiro atoms. The van der Waals surface area contributed by atoms with E-state index in [1.54, 1.807) is 36.4 Å². The van der Waals surface area contributed by atoms with Gasteiger partial charge >= 0.3 is 0 Å². The number of hydrazone groups is 1. The van der Waals surface area contributed by atoms with Crippen molar-refractivity contribution in [2.75, 3.05) is 12.4 Å². The fourth-order valence-corrected chi connectivity index (χ4v) is 2.19. The van der Waals surface area contributed by atoms with Crippen molar-refractivity contribution in [3.63, 3.8) is 0 Å². The molecule has 0 saturated heterocycles. The summed E-state index contributed by atoms with van der Waals surface area (Å²) in [5, 5.41) is 16.4. The van der Waals surface area contributed by atoms with Crippen LogP contribution in [0.4, 0.5) is 5.69 Å². The molecule has 0 heterocycles. The number of aromatic hydroxyl groups is 1. The van der Waals surface area contributed by atoms with E-state index in [4.69, 9.17) is 16.3 Å². The Balaban J connectivity index is 1.78. The molecule has 2 aromatic rings. The van der Waals surface area contributed by atoms with Gasteiger partial charge in [0.2, 0.25) is 11.8 Å². The monoisotopic (exact) mass is 375 g/mol. The van der Waals surface area contributed by atoms with Crippen molar-refractivity contribution in [1.82, 2.24) is 5.43 Å². The van der Waals surface area contributed by atoms with Crippen molar-refractivity contribution in [1.29, 1.82) is 0 Å². The maximum absolute atomic E-state index is 11.8. The molecule has 0 aromatic heterocycles. The van der Waals surface area contributed by atoms with Crippen LogP contribution < -0.4 is 15.5 Å². The third kappa shape index (κ3) is 5.78. The zero-order chi connectivity index (χ0) is 18.9. The molecule has 0 aliphatic carbocycles. The molecule has 0 atom stereocenters. The van der Waals surface area contributed by atoms with Gasteiger partial charge in [-0.05, 0) is 35.9 Å². The number of phenolic OH excluding ortho intramolecular Hbond substituents is 1. The zero-order valence-corrected chi connectivity index (χ0v) is 14.8. The highest BCUT2D eigenvalue weighted by Crippen LogP contribution is 2.25. The zero-order valence-electron chi connectivity index (χ0n) is 14.0. The molecule has 0 saturated carbocycles. The second-order valence-electron chi connectivity index (χ2n) is 5.25. The largest absolute Gasteiger partial charge is 0.504 e. The predicted octanol–water partition coefficient (Wildman–Crippen LogP) is 2.92. The molecule has 136 valence electrons. The summed E-state index contributed by atoms with van der Waals surface area (Å²) < 4.78 is 4.98. The second kappa shape index (κ2) is 9.43. The minimum absolute atomic E-state index is 0.000388. The van der Waals surface area contributed by atoms with Crippen LogP contribution in [0.3, 0.4) is 0 Å². The van der Waals surface area contributed by atoms with Crippen molar-refractivity contribution in [2.45, 2.75) is 12.8 Å². The van der Waals surface area contributed by atoms with Gasteiger partial charge in [0.1, 0.15) is 0 Å². The van der Waals surface area contributed by atoms with Crippen LogP contribution in [0.1, 0.15) is 18.4 Å². The first kappa shape index (κ1) is 19.3. The van der Waals surface area contributed by atoms with Gasteiger partial charge in [-0.1, -0.05) is 23.7 Å². The van der Waals surface area contributed by atoms with Crippen molar-refractivity contribution >= 4 is 35.3 Å². The number of para-hydroxylation sites is 1. The number of rotatable bonds is 7. The number of carbonyl (C=O) groups excluding carboxylic acids is 2. The Hall–Kier alpha value is -3.06. The lowest BCUT2D eigenvalue weighted by Gasteiger charge is -2.06. The van der Waals surface area contributed by atoms with E-state index in [2.05, 4.69) is 15.8 Å². The minimum atomic E-state index is -0.402. The molecule has 2 rings (SSSR count). The second-order valence-corrected chi connectivity index (χ2v) is 5.66. The first-order chi connectivity index (χ1) is 12.5. The van der Waals surface area contributed by atoms with Gasteiger partial charge in [-0.2, -0.15) is 5.10 Å². The summed E-state index contributed by atoms with van der Waals surface area (Å²) in [6.07, 6.45) is 1.38. The number of nitrogens with one attached hydrogen (secondary N) is 2. The number of hydrogen-bond donors (Lipinski definition) is 3. The lowest BCUT2D eigenvalue weighted by Crippen LogP contribution is -2.20. The van der Waals surface area contributed by atoms with E-state index in [1.165, 1.54) is 19.4 Å². The molecule has 0 aliphatic heterocycles. The van der Waals surface area contributed by atoms with Crippen LogP contribution in [0.25, 0.3) is 0 Å². The molecular weight excluding hydrogens is 358 g/mol. The topological polar surface area (TPSA) is 100 Å². The average Bonchev–Trinajstić information content (AvgIpc) is 2.63. The number of benzene rings is 2. The highest BCUT2D eigenvalue weighted by Gasteiger charge is 2.08. The number of carbonyl (C=O) groups is 2. The van der Waals surface area contributed by atoms with Crippen LogP contribution in [0, 0.1) is 0 Å². The lowest BCUT2D eigenvalue weighted by molar-refractivity contribution is -0.124. The summed E-state index contributed by atoms with van der Waals surface area (Å²) in [5.74, 6) is -0.406. The van der Waals surface area contributed by atoms with Crippen LogP contribution in [0.15, 0.2) is 47.6 Å². The number of ether oxygens (including phenoxy) is 1. The van der Waals surface area contributed by atoms with E-state index < -0.39 is 5.91 Å². The summed E-state index contributed by atoms with van der Waals surface area (Å²) in [5.41, 5.74) is 3.47. The molecule has 0 aliphatic rings. The van der Waals surface area contributed by atoms with E-state index in [9.17, 15) is 14.7 Å². The Morgan fingerprint density at radius 3 is 2.65 bits per heavy atom. The SMILES string of the molecule is COc1cc(/C=N/NC(=O)CCC(=O)Nc2ccccc2Cl)ccc1O. The molecule has 7 nitrogen and oxygen atoms in total. The summed E-state index contributed by atoms with van der Waals surface area (Å²) in [6.45, 7) is 0. The Morgan fingerprint density at radius 2 is 1.92 bits per heavy atom. The van der Waals surface area contributed by atoms with Crippen molar-refractivity contribution < 1.29 is 19.4 Å². The van der Waals surface area contributed by atoms with Gasteiger partial charge in [-0.15, -0.1) is 0 Å². The first-order valence-corrected chi connectivity index (χ1v) is 8.10. The molecule has 0 fully saturated rings. The Labute approximate surface area is 155 Å². The van der Waals surface area contributed by atoms with Crippen molar-refractivity contribution in [3.05, 3.63) is 53.1 Å². The summed E-state index contributed by atoms with van der Waals surface area (Å²) >= 11 is 5.95. The number of amides is 2. The summed E-state index contributed by atoms with van der Waals surface area (Å²) in [4.78, 5) is 23.6. The summed E-state index contributed by atoms with van der Waals surface area (Å²) in [6, 6.07) is 11.5.